The number of benzene rings is 3. The second-order valence-corrected chi connectivity index (χ2v) is 8.17. The van der Waals surface area contributed by atoms with Crippen LogP contribution in [0.3, 0.4) is 0 Å². The van der Waals surface area contributed by atoms with Gasteiger partial charge in [-0.2, -0.15) is 5.26 Å². The van der Waals surface area contributed by atoms with E-state index in [1.54, 1.807) is 18.2 Å². The first-order chi connectivity index (χ1) is 18.0. The quantitative estimate of drug-likeness (QED) is 0.120. The molecule has 0 aliphatic heterocycles. The fraction of sp³-hybridized carbons (Fsp3) is 0.233. The van der Waals surface area contributed by atoms with Crippen LogP contribution in [0.15, 0.2) is 78.4 Å². The van der Waals surface area contributed by atoms with Crippen LogP contribution in [0.5, 0.6) is 17.2 Å². The third-order valence-corrected chi connectivity index (χ3v) is 5.51. The van der Waals surface area contributed by atoms with Crippen LogP contribution in [0.4, 0.5) is 0 Å². The lowest BCUT2D eigenvalue weighted by molar-refractivity contribution is -0.134. The summed E-state index contributed by atoms with van der Waals surface area (Å²) in [7, 11) is 1.45. The van der Waals surface area contributed by atoms with Gasteiger partial charge in [0, 0.05) is 13.0 Å². The number of hydrogen-bond donors (Lipinski definition) is 1. The van der Waals surface area contributed by atoms with Gasteiger partial charge >= 0.3 is 5.97 Å². The molecule has 0 spiro atoms. The van der Waals surface area contributed by atoms with Crippen LogP contribution in [-0.2, 0) is 22.6 Å². The van der Waals surface area contributed by atoms with Gasteiger partial charge in [-0.15, -0.1) is 0 Å². The van der Waals surface area contributed by atoms with Crippen LogP contribution >= 0.6 is 0 Å². The lowest BCUT2D eigenvalue weighted by Crippen LogP contribution is -2.23. The smallest absolute Gasteiger partial charge is 0.311 e. The van der Waals surface area contributed by atoms with Crippen molar-refractivity contribution in [3.05, 3.63) is 95.1 Å². The summed E-state index contributed by atoms with van der Waals surface area (Å²) in [6.07, 6.45) is 3.11. The summed E-state index contributed by atoms with van der Waals surface area (Å²) >= 11 is 0. The molecule has 190 valence electrons. The second-order valence-electron chi connectivity index (χ2n) is 8.17. The zero-order valence-electron chi connectivity index (χ0n) is 21.0. The summed E-state index contributed by atoms with van der Waals surface area (Å²) in [4.78, 5) is 24.8. The van der Waals surface area contributed by atoms with Gasteiger partial charge in [0.2, 0.25) is 0 Å². The molecule has 0 radical (unpaired) electrons. The summed E-state index contributed by atoms with van der Waals surface area (Å²) in [5.74, 6) is 0.444. The first-order valence-corrected chi connectivity index (χ1v) is 12.1. The van der Waals surface area contributed by atoms with Crippen molar-refractivity contribution in [3.63, 3.8) is 0 Å². The van der Waals surface area contributed by atoms with E-state index in [9.17, 15) is 14.9 Å². The van der Waals surface area contributed by atoms with Gasteiger partial charge < -0.3 is 19.5 Å². The second kappa shape index (κ2) is 14.1. The van der Waals surface area contributed by atoms with Crippen molar-refractivity contribution in [2.45, 2.75) is 32.7 Å². The molecule has 0 aliphatic carbocycles. The molecule has 3 aromatic rings. The molecule has 0 fully saturated rings. The van der Waals surface area contributed by atoms with Crippen LogP contribution < -0.4 is 19.5 Å². The highest BCUT2D eigenvalue weighted by Crippen LogP contribution is 2.29. The van der Waals surface area contributed by atoms with E-state index in [0.29, 0.717) is 30.9 Å². The number of amides is 1. The van der Waals surface area contributed by atoms with Crippen LogP contribution in [0.1, 0.15) is 36.5 Å². The number of carbonyl (C=O) groups is 2. The van der Waals surface area contributed by atoms with Gasteiger partial charge in [-0.3, -0.25) is 9.59 Å². The van der Waals surface area contributed by atoms with Crippen molar-refractivity contribution < 1.29 is 23.8 Å². The van der Waals surface area contributed by atoms with Gasteiger partial charge in [-0.05, 0) is 59.9 Å². The number of ether oxygens (including phenoxy) is 3. The fourth-order valence-corrected chi connectivity index (χ4v) is 3.45. The standard InChI is InChI=1S/C30H30N2O5/c1-3-22-11-14-26(15-12-22)36-17-7-10-29(33)37-27-16-13-24(19-28(27)35-2)18-25(20-31)30(34)32-21-23-8-5-4-6-9-23/h4-6,8-9,11-16,18-19H,3,7,10,17,21H2,1-2H3,(H,32,34)/b25-18+. The van der Waals surface area contributed by atoms with Crippen molar-refractivity contribution in [2.24, 2.45) is 0 Å². The van der Waals surface area contributed by atoms with E-state index in [0.717, 1.165) is 17.7 Å². The average Bonchev–Trinajstić information content (AvgIpc) is 2.94. The number of esters is 1. The fourth-order valence-electron chi connectivity index (χ4n) is 3.45. The largest absolute Gasteiger partial charge is 0.494 e. The highest BCUT2D eigenvalue weighted by Gasteiger charge is 2.13. The van der Waals surface area contributed by atoms with Gasteiger partial charge in [0.05, 0.1) is 13.7 Å². The molecule has 0 atom stereocenters. The molecule has 0 heterocycles. The number of nitrogens with zero attached hydrogens (tertiary/aromatic N) is 1. The van der Waals surface area contributed by atoms with E-state index < -0.39 is 11.9 Å². The molecule has 1 amide bonds. The summed E-state index contributed by atoms with van der Waals surface area (Å²) in [6, 6.07) is 24.1. The third kappa shape index (κ3) is 8.55. The number of nitrogens with one attached hydrogen (secondary N) is 1. The Kier molecular flexibility index (Phi) is 10.3. The Morgan fingerprint density at radius 2 is 1.73 bits per heavy atom. The minimum atomic E-state index is -0.482. The predicted octanol–water partition coefficient (Wildman–Crippen LogP) is 5.25. The van der Waals surface area contributed by atoms with Gasteiger partial charge in [0.15, 0.2) is 11.5 Å². The lowest BCUT2D eigenvalue weighted by Gasteiger charge is -2.11. The highest BCUT2D eigenvalue weighted by atomic mass is 16.6. The molecular weight excluding hydrogens is 468 g/mol. The normalized spacial score (nSPS) is 10.8. The predicted molar refractivity (Wildman–Crippen MR) is 141 cm³/mol. The van der Waals surface area contributed by atoms with Crippen molar-refractivity contribution >= 4 is 18.0 Å². The average molecular weight is 499 g/mol. The maximum atomic E-state index is 12.5. The van der Waals surface area contributed by atoms with Gasteiger partial charge in [0.1, 0.15) is 17.4 Å². The Labute approximate surface area is 217 Å². The molecule has 37 heavy (non-hydrogen) atoms. The van der Waals surface area contributed by atoms with Crippen molar-refractivity contribution in [1.82, 2.24) is 5.32 Å². The Balaban J connectivity index is 1.53. The van der Waals surface area contributed by atoms with Gasteiger partial charge in [-0.25, -0.2) is 0 Å². The maximum Gasteiger partial charge on any atom is 0.311 e. The van der Waals surface area contributed by atoms with E-state index in [1.165, 1.54) is 18.7 Å². The monoisotopic (exact) mass is 498 g/mol. The Bertz CT molecular complexity index is 1260. The number of hydrogen-bond acceptors (Lipinski definition) is 6. The molecule has 3 rings (SSSR count). The SMILES string of the molecule is CCc1ccc(OCCCC(=O)Oc2ccc(/C=C(\C#N)C(=O)NCc3ccccc3)cc2OC)cc1. The molecule has 0 unspecified atom stereocenters. The van der Waals surface area contributed by atoms with E-state index in [4.69, 9.17) is 14.2 Å². The van der Waals surface area contributed by atoms with Crippen molar-refractivity contribution in [2.75, 3.05) is 13.7 Å². The van der Waals surface area contributed by atoms with E-state index in [-0.39, 0.29) is 17.7 Å². The van der Waals surface area contributed by atoms with Crippen molar-refractivity contribution in [3.8, 4) is 23.3 Å². The van der Waals surface area contributed by atoms with Gasteiger partial charge in [-0.1, -0.05) is 55.5 Å². The van der Waals surface area contributed by atoms with E-state index >= 15 is 0 Å². The minimum Gasteiger partial charge on any atom is -0.494 e. The Hall–Kier alpha value is -4.57. The third-order valence-electron chi connectivity index (χ3n) is 5.51. The molecule has 1 N–H and O–H groups in total. The Morgan fingerprint density at radius 1 is 0.973 bits per heavy atom. The number of nitriles is 1. The summed E-state index contributed by atoms with van der Waals surface area (Å²) in [5.41, 5.74) is 2.68. The first kappa shape index (κ1) is 27.0. The first-order valence-electron chi connectivity index (χ1n) is 12.1. The number of rotatable bonds is 12. The molecular formula is C30H30N2O5. The molecule has 7 nitrogen and oxygen atoms in total. The lowest BCUT2D eigenvalue weighted by atomic mass is 10.1. The molecule has 7 heteroatoms. The zero-order chi connectivity index (χ0) is 26.5. The highest BCUT2D eigenvalue weighted by molar-refractivity contribution is 6.01. The summed E-state index contributed by atoms with van der Waals surface area (Å²) in [5, 5.41) is 12.2. The summed E-state index contributed by atoms with van der Waals surface area (Å²) in [6.45, 7) is 2.80. The van der Waals surface area contributed by atoms with Gasteiger partial charge in [0.25, 0.3) is 5.91 Å². The van der Waals surface area contributed by atoms with Crippen LogP contribution in [0.25, 0.3) is 6.08 Å². The molecule has 3 aromatic carbocycles. The van der Waals surface area contributed by atoms with Crippen LogP contribution in [-0.4, -0.2) is 25.6 Å². The van der Waals surface area contributed by atoms with Crippen molar-refractivity contribution in [1.29, 1.82) is 5.26 Å². The zero-order valence-corrected chi connectivity index (χ0v) is 21.0. The van der Waals surface area contributed by atoms with E-state index in [1.807, 2.05) is 60.7 Å². The number of carbonyl (C=O) groups excluding carboxylic acids is 2. The summed E-state index contributed by atoms with van der Waals surface area (Å²) < 4.78 is 16.5. The number of methoxy groups -OCH3 is 1. The number of aryl methyl sites for hydroxylation is 1. The minimum absolute atomic E-state index is 0.0490. The Morgan fingerprint density at radius 3 is 2.41 bits per heavy atom. The van der Waals surface area contributed by atoms with E-state index in [2.05, 4.69) is 12.2 Å². The molecule has 0 saturated carbocycles. The van der Waals surface area contributed by atoms with Crippen LogP contribution in [0, 0.1) is 11.3 Å². The topological polar surface area (TPSA) is 97.7 Å². The molecule has 0 saturated heterocycles. The molecule has 0 aliphatic rings. The molecule has 0 aromatic heterocycles. The van der Waals surface area contributed by atoms with Crippen LogP contribution in [0.2, 0.25) is 0 Å². The maximum absolute atomic E-state index is 12.5. The molecule has 0 bridgehead atoms.